The zero-order valence-corrected chi connectivity index (χ0v) is 14.9. The smallest absolute Gasteiger partial charge is 0.267 e. The fraction of sp³-hybridized carbons (Fsp3) is 0.150. The number of carbonyl (C=O) groups is 1. The SMILES string of the molecule is Cc1[nH][nH]c(=O)c1CC(=O)N/N=C\c1cccc(OCc2ccccc2)c1. The first-order valence-corrected chi connectivity index (χ1v) is 8.46. The molecule has 0 saturated heterocycles. The zero-order chi connectivity index (χ0) is 19.1. The molecule has 7 heteroatoms. The van der Waals surface area contributed by atoms with Crippen LogP contribution < -0.4 is 15.7 Å². The average Bonchev–Trinajstić information content (AvgIpc) is 2.99. The second kappa shape index (κ2) is 8.66. The van der Waals surface area contributed by atoms with Gasteiger partial charge < -0.3 is 9.84 Å². The van der Waals surface area contributed by atoms with Gasteiger partial charge in [0, 0.05) is 11.3 Å². The monoisotopic (exact) mass is 364 g/mol. The Balaban J connectivity index is 1.54. The molecule has 0 aliphatic heterocycles. The van der Waals surface area contributed by atoms with E-state index in [2.05, 4.69) is 20.7 Å². The van der Waals surface area contributed by atoms with Gasteiger partial charge in [0.15, 0.2) is 0 Å². The van der Waals surface area contributed by atoms with Crippen LogP contribution in [0.1, 0.15) is 22.4 Å². The Morgan fingerprint density at radius 3 is 2.70 bits per heavy atom. The van der Waals surface area contributed by atoms with Gasteiger partial charge in [-0.3, -0.25) is 14.7 Å². The van der Waals surface area contributed by atoms with Crippen LogP contribution in [0.3, 0.4) is 0 Å². The molecule has 3 aromatic rings. The lowest BCUT2D eigenvalue weighted by atomic mass is 10.2. The van der Waals surface area contributed by atoms with E-state index in [1.54, 1.807) is 6.92 Å². The number of benzene rings is 2. The quantitative estimate of drug-likeness (QED) is 0.443. The third kappa shape index (κ3) is 5.18. The van der Waals surface area contributed by atoms with Crippen molar-refractivity contribution in [3.05, 3.63) is 87.3 Å². The number of rotatable bonds is 7. The predicted molar refractivity (Wildman–Crippen MR) is 103 cm³/mol. The highest BCUT2D eigenvalue weighted by Crippen LogP contribution is 2.14. The van der Waals surface area contributed by atoms with Gasteiger partial charge in [0.1, 0.15) is 12.4 Å². The first kappa shape index (κ1) is 18.2. The van der Waals surface area contributed by atoms with Crippen LogP contribution >= 0.6 is 0 Å². The fourth-order valence-corrected chi connectivity index (χ4v) is 2.49. The number of aryl methyl sites for hydroxylation is 1. The third-order valence-corrected chi connectivity index (χ3v) is 3.94. The van der Waals surface area contributed by atoms with Gasteiger partial charge in [-0.05, 0) is 30.2 Å². The van der Waals surface area contributed by atoms with E-state index in [1.165, 1.54) is 6.21 Å². The zero-order valence-electron chi connectivity index (χ0n) is 14.9. The largest absolute Gasteiger partial charge is 0.489 e. The maximum absolute atomic E-state index is 11.9. The number of amides is 1. The molecule has 7 nitrogen and oxygen atoms in total. The van der Waals surface area contributed by atoms with Crippen LogP contribution in [-0.4, -0.2) is 22.3 Å². The number of aromatic amines is 2. The van der Waals surface area contributed by atoms with E-state index >= 15 is 0 Å². The molecule has 2 aromatic carbocycles. The second-order valence-corrected chi connectivity index (χ2v) is 6.00. The van der Waals surface area contributed by atoms with Gasteiger partial charge >= 0.3 is 0 Å². The molecule has 0 unspecified atom stereocenters. The minimum Gasteiger partial charge on any atom is -0.489 e. The summed E-state index contributed by atoms with van der Waals surface area (Å²) in [6.45, 7) is 2.20. The molecule has 1 amide bonds. The number of ether oxygens (including phenoxy) is 1. The third-order valence-electron chi connectivity index (χ3n) is 3.94. The van der Waals surface area contributed by atoms with Crippen molar-refractivity contribution in [2.24, 2.45) is 5.10 Å². The van der Waals surface area contributed by atoms with Gasteiger partial charge in [0.25, 0.3) is 5.56 Å². The molecule has 0 aliphatic carbocycles. The van der Waals surface area contributed by atoms with E-state index in [4.69, 9.17) is 4.74 Å². The molecule has 0 saturated carbocycles. The summed E-state index contributed by atoms with van der Waals surface area (Å²) >= 11 is 0. The van der Waals surface area contributed by atoms with E-state index in [0.29, 0.717) is 23.6 Å². The summed E-state index contributed by atoms with van der Waals surface area (Å²) < 4.78 is 5.77. The van der Waals surface area contributed by atoms with Gasteiger partial charge in [0.2, 0.25) is 5.91 Å². The lowest BCUT2D eigenvalue weighted by molar-refractivity contribution is -0.120. The fourth-order valence-electron chi connectivity index (χ4n) is 2.49. The molecule has 138 valence electrons. The lowest BCUT2D eigenvalue weighted by Gasteiger charge is -2.06. The number of hydrogen-bond acceptors (Lipinski definition) is 4. The lowest BCUT2D eigenvalue weighted by Crippen LogP contribution is -2.23. The average molecular weight is 364 g/mol. The van der Waals surface area contributed by atoms with Gasteiger partial charge in [-0.25, -0.2) is 5.43 Å². The Hall–Kier alpha value is -3.61. The molecule has 0 atom stereocenters. The van der Waals surface area contributed by atoms with E-state index in [-0.39, 0.29) is 17.9 Å². The summed E-state index contributed by atoms with van der Waals surface area (Å²) in [6.07, 6.45) is 1.49. The van der Waals surface area contributed by atoms with Crippen LogP contribution in [0, 0.1) is 6.92 Å². The highest BCUT2D eigenvalue weighted by atomic mass is 16.5. The Labute approximate surface area is 156 Å². The van der Waals surface area contributed by atoms with E-state index in [1.807, 2.05) is 54.6 Å². The van der Waals surface area contributed by atoms with Crippen LogP contribution in [0.4, 0.5) is 0 Å². The van der Waals surface area contributed by atoms with Crippen LogP contribution in [0.25, 0.3) is 0 Å². The van der Waals surface area contributed by atoms with Gasteiger partial charge in [-0.2, -0.15) is 5.10 Å². The van der Waals surface area contributed by atoms with Crippen molar-refractivity contribution in [2.75, 3.05) is 0 Å². The summed E-state index contributed by atoms with van der Waals surface area (Å²) in [5, 5.41) is 9.06. The van der Waals surface area contributed by atoms with Gasteiger partial charge in [0.05, 0.1) is 12.6 Å². The highest BCUT2D eigenvalue weighted by molar-refractivity contribution is 5.83. The van der Waals surface area contributed by atoms with E-state index in [9.17, 15) is 9.59 Å². The van der Waals surface area contributed by atoms with Crippen LogP contribution in [0.15, 0.2) is 64.5 Å². The molecule has 0 bridgehead atoms. The summed E-state index contributed by atoms with van der Waals surface area (Å²) in [6, 6.07) is 17.3. The molecule has 0 fully saturated rings. The number of aromatic nitrogens is 2. The molecule has 0 spiro atoms. The molecule has 1 heterocycles. The number of H-pyrrole nitrogens is 2. The van der Waals surface area contributed by atoms with Gasteiger partial charge in [-0.15, -0.1) is 0 Å². The topological polar surface area (TPSA) is 99.3 Å². The Kier molecular flexibility index (Phi) is 5.84. The number of nitrogens with zero attached hydrogens (tertiary/aromatic N) is 1. The maximum Gasteiger partial charge on any atom is 0.267 e. The molecule has 0 aliphatic rings. The minimum absolute atomic E-state index is 0.0395. The standard InChI is InChI=1S/C20H20N4O3/c1-14-18(20(26)24-22-14)11-19(25)23-21-12-16-8-5-9-17(10-16)27-13-15-6-3-2-4-7-15/h2-10,12H,11,13H2,1H3,(H,23,25)(H2,22,24,26)/b21-12-. The normalized spacial score (nSPS) is 10.9. The number of hydrazone groups is 1. The molecule has 3 N–H and O–H groups in total. The molecular weight excluding hydrogens is 344 g/mol. The molecule has 3 rings (SSSR count). The van der Waals surface area contributed by atoms with Crippen molar-refractivity contribution in [2.45, 2.75) is 20.0 Å². The van der Waals surface area contributed by atoms with E-state index < -0.39 is 0 Å². The molecule has 27 heavy (non-hydrogen) atoms. The van der Waals surface area contributed by atoms with Gasteiger partial charge in [-0.1, -0.05) is 42.5 Å². The molecule has 1 aromatic heterocycles. The van der Waals surface area contributed by atoms with Crippen LogP contribution in [0.2, 0.25) is 0 Å². The second-order valence-electron chi connectivity index (χ2n) is 6.00. The molecular formula is C20H20N4O3. The van der Waals surface area contributed by atoms with Crippen molar-refractivity contribution in [3.63, 3.8) is 0 Å². The van der Waals surface area contributed by atoms with Crippen LogP contribution in [-0.2, 0) is 17.8 Å². The van der Waals surface area contributed by atoms with E-state index in [0.717, 1.165) is 11.1 Å². The van der Waals surface area contributed by atoms with Crippen molar-refractivity contribution in [1.29, 1.82) is 0 Å². The molecule has 0 radical (unpaired) electrons. The van der Waals surface area contributed by atoms with Crippen molar-refractivity contribution >= 4 is 12.1 Å². The number of carbonyl (C=O) groups excluding carboxylic acids is 1. The summed E-state index contributed by atoms with van der Waals surface area (Å²) in [7, 11) is 0. The summed E-state index contributed by atoms with van der Waals surface area (Å²) in [5.41, 5.74) is 5.04. The van der Waals surface area contributed by atoms with Crippen LogP contribution in [0.5, 0.6) is 5.75 Å². The summed E-state index contributed by atoms with van der Waals surface area (Å²) in [5.74, 6) is 0.347. The first-order chi connectivity index (χ1) is 13.1. The Morgan fingerprint density at radius 2 is 1.96 bits per heavy atom. The highest BCUT2D eigenvalue weighted by Gasteiger charge is 2.10. The first-order valence-electron chi connectivity index (χ1n) is 8.46. The predicted octanol–water partition coefficient (Wildman–Crippen LogP) is 2.28. The van der Waals surface area contributed by atoms with Crippen molar-refractivity contribution in [1.82, 2.24) is 15.6 Å². The summed E-state index contributed by atoms with van der Waals surface area (Å²) in [4.78, 5) is 23.5. The Bertz CT molecular complexity index is 990. The number of hydrogen-bond donors (Lipinski definition) is 3. The van der Waals surface area contributed by atoms with Crippen molar-refractivity contribution < 1.29 is 9.53 Å². The van der Waals surface area contributed by atoms with Crippen molar-refractivity contribution in [3.8, 4) is 5.75 Å². The maximum atomic E-state index is 11.9. The number of nitrogens with one attached hydrogen (secondary N) is 3. The Morgan fingerprint density at radius 1 is 1.15 bits per heavy atom. The minimum atomic E-state index is -0.365.